The van der Waals surface area contributed by atoms with Gasteiger partial charge in [0.15, 0.2) is 0 Å². The van der Waals surface area contributed by atoms with Gasteiger partial charge in [0.1, 0.15) is 12.4 Å². The number of hydrogen-bond acceptors (Lipinski definition) is 7. The Morgan fingerprint density at radius 3 is 2.45 bits per heavy atom. The normalized spacial score (nSPS) is 10.2. The average molecular weight is 279 g/mol. The van der Waals surface area contributed by atoms with Crippen molar-refractivity contribution in [3.05, 3.63) is 50.4 Å². The van der Waals surface area contributed by atoms with Gasteiger partial charge in [0.05, 0.1) is 15.4 Å². The van der Waals surface area contributed by atoms with Crippen molar-refractivity contribution in [1.82, 2.24) is 14.8 Å². The van der Waals surface area contributed by atoms with Crippen molar-refractivity contribution in [1.29, 1.82) is 0 Å². The van der Waals surface area contributed by atoms with E-state index in [1.807, 2.05) is 0 Å². The van der Waals surface area contributed by atoms with Crippen molar-refractivity contribution in [2.75, 3.05) is 0 Å². The molecule has 11 nitrogen and oxygen atoms in total. The average Bonchev–Trinajstić information content (AvgIpc) is 2.87. The smallest absolute Gasteiger partial charge is 0.337 e. The number of carboxylic acids is 1. The van der Waals surface area contributed by atoms with Gasteiger partial charge in [0, 0.05) is 12.3 Å². The summed E-state index contributed by atoms with van der Waals surface area (Å²) in [5, 5.41) is 33.8. The molecular formula is C9H5N5O6. The molecule has 0 fully saturated rings. The minimum atomic E-state index is -1.38. The lowest BCUT2D eigenvalue weighted by molar-refractivity contribution is -0.385. The van der Waals surface area contributed by atoms with Gasteiger partial charge in [0.25, 0.3) is 0 Å². The summed E-state index contributed by atoms with van der Waals surface area (Å²) >= 11 is 0. The van der Waals surface area contributed by atoms with Gasteiger partial charge in [-0.25, -0.2) is 14.5 Å². The number of hydrogen-bond donors (Lipinski definition) is 1. The molecule has 0 aliphatic carbocycles. The molecule has 102 valence electrons. The zero-order chi connectivity index (χ0) is 14.9. The first kappa shape index (κ1) is 13.1. The molecule has 0 radical (unpaired) electrons. The Morgan fingerprint density at radius 2 is 1.95 bits per heavy atom. The third kappa shape index (κ3) is 2.27. The standard InChI is InChI=1S/C9H5N5O6/c15-9(16)5-1-7(14(19)20)8(10-2-5)12-4-6(3-11-12)13(17)18/h1-4H,(H,15,16). The second-order valence-corrected chi connectivity index (χ2v) is 3.53. The highest BCUT2D eigenvalue weighted by Gasteiger charge is 2.22. The SMILES string of the molecule is O=C(O)c1cnc(-n2cc([N+](=O)[O-])cn2)c([N+](=O)[O-])c1. The zero-order valence-corrected chi connectivity index (χ0v) is 9.53. The second-order valence-electron chi connectivity index (χ2n) is 3.53. The number of nitrogens with zero attached hydrogens (tertiary/aromatic N) is 5. The third-order valence-electron chi connectivity index (χ3n) is 2.29. The number of aromatic carboxylic acids is 1. The van der Waals surface area contributed by atoms with Crippen LogP contribution in [-0.4, -0.2) is 35.7 Å². The lowest BCUT2D eigenvalue weighted by Gasteiger charge is -2.02. The van der Waals surface area contributed by atoms with Gasteiger partial charge in [-0.3, -0.25) is 20.2 Å². The Morgan fingerprint density at radius 1 is 1.25 bits per heavy atom. The fourth-order valence-corrected chi connectivity index (χ4v) is 1.40. The molecule has 2 aromatic heterocycles. The van der Waals surface area contributed by atoms with Crippen molar-refractivity contribution >= 4 is 17.3 Å². The molecular weight excluding hydrogens is 274 g/mol. The molecule has 2 rings (SSSR count). The van der Waals surface area contributed by atoms with Crippen molar-refractivity contribution < 1.29 is 19.7 Å². The van der Waals surface area contributed by atoms with Crippen LogP contribution in [0.4, 0.5) is 11.4 Å². The van der Waals surface area contributed by atoms with Crippen molar-refractivity contribution in [2.24, 2.45) is 0 Å². The van der Waals surface area contributed by atoms with E-state index in [9.17, 15) is 25.0 Å². The maximum absolute atomic E-state index is 10.9. The minimum absolute atomic E-state index is 0.312. The molecule has 1 N–H and O–H groups in total. The molecule has 0 aliphatic heterocycles. The van der Waals surface area contributed by atoms with Gasteiger partial charge in [-0.2, -0.15) is 5.10 Å². The summed E-state index contributed by atoms with van der Waals surface area (Å²) in [5.74, 6) is -1.69. The van der Waals surface area contributed by atoms with E-state index in [0.29, 0.717) is 0 Å². The summed E-state index contributed by atoms with van der Waals surface area (Å²) in [7, 11) is 0. The van der Waals surface area contributed by atoms with E-state index < -0.39 is 21.5 Å². The van der Waals surface area contributed by atoms with Gasteiger partial charge >= 0.3 is 17.3 Å². The Balaban J connectivity index is 2.57. The quantitative estimate of drug-likeness (QED) is 0.635. The first-order valence-corrected chi connectivity index (χ1v) is 4.97. The van der Waals surface area contributed by atoms with E-state index >= 15 is 0 Å². The molecule has 0 spiro atoms. The van der Waals surface area contributed by atoms with E-state index in [1.54, 1.807) is 0 Å². The van der Waals surface area contributed by atoms with Gasteiger partial charge < -0.3 is 5.11 Å². The van der Waals surface area contributed by atoms with Crippen LogP contribution in [0.1, 0.15) is 10.4 Å². The molecule has 2 aromatic rings. The molecule has 0 atom stereocenters. The highest BCUT2D eigenvalue weighted by Crippen LogP contribution is 2.22. The van der Waals surface area contributed by atoms with Gasteiger partial charge in [-0.15, -0.1) is 0 Å². The predicted octanol–water partition coefficient (Wildman–Crippen LogP) is 0.782. The minimum Gasteiger partial charge on any atom is -0.478 e. The second kappa shape index (κ2) is 4.72. The molecule has 20 heavy (non-hydrogen) atoms. The molecule has 0 unspecified atom stereocenters. The van der Waals surface area contributed by atoms with Crippen molar-refractivity contribution in [3.8, 4) is 5.82 Å². The monoisotopic (exact) mass is 279 g/mol. The maximum Gasteiger partial charge on any atom is 0.337 e. The van der Waals surface area contributed by atoms with Crippen LogP contribution in [0.5, 0.6) is 0 Å². The highest BCUT2D eigenvalue weighted by atomic mass is 16.6. The van der Waals surface area contributed by atoms with Crippen LogP contribution in [0.15, 0.2) is 24.7 Å². The van der Waals surface area contributed by atoms with E-state index in [0.717, 1.165) is 29.3 Å². The van der Waals surface area contributed by atoms with E-state index in [2.05, 4.69) is 10.1 Å². The summed E-state index contributed by atoms with van der Waals surface area (Å²) in [6.07, 6.45) is 2.74. The lowest BCUT2D eigenvalue weighted by Crippen LogP contribution is -2.06. The fourth-order valence-electron chi connectivity index (χ4n) is 1.40. The topological polar surface area (TPSA) is 154 Å². The summed E-state index contributed by atoms with van der Waals surface area (Å²) < 4.78 is 0.835. The third-order valence-corrected chi connectivity index (χ3v) is 2.29. The predicted molar refractivity (Wildman–Crippen MR) is 61.6 cm³/mol. The molecule has 11 heteroatoms. The van der Waals surface area contributed by atoms with Gasteiger partial charge in [-0.1, -0.05) is 0 Å². The number of rotatable bonds is 4. The van der Waals surface area contributed by atoms with Crippen LogP contribution in [0.25, 0.3) is 5.82 Å². The van der Waals surface area contributed by atoms with Crippen LogP contribution in [0.3, 0.4) is 0 Å². The Bertz CT molecular complexity index is 723. The number of carboxylic acid groups (broad SMARTS) is 1. The number of aromatic nitrogens is 3. The Hall–Kier alpha value is -3.37. The lowest BCUT2D eigenvalue weighted by atomic mass is 10.2. The molecule has 0 bridgehead atoms. The first-order valence-electron chi connectivity index (χ1n) is 4.97. The van der Waals surface area contributed by atoms with E-state index in [1.165, 1.54) is 0 Å². The number of pyridine rings is 1. The Kier molecular flexibility index (Phi) is 3.08. The summed E-state index contributed by atoms with van der Waals surface area (Å²) in [5.41, 5.74) is -1.37. The van der Waals surface area contributed by atoms with Gasteiger partial charge in [-0.05, 0) is 0 Å². The molecule has 0 amide bonds. The molecule has 0 aromatic carbocycles. The zero-order valence-electron chi connectivity index (χ0n) is 9.53. The van der Waals surface area contributed by atoms with Crippen LogP contribution in [0.2, 0.25) is 0 Å². The summed E-state index contributed by atoms with van der Waals surface area (Å²) in [6, 6.07) is 0.804. The Labute approximate surface area is 109 Å². The first-order chi connectivity index (χ1) is 9.40. The fraction of sp³-hybridized carbons (Fsp3) is 0. The highest BCUT2D eigenvalue weighted by molar-refractivity contribution is 5.88. The van der Waals surface area contributed by atoms with Crippen molar-refractivity contribution in [3.63, 3.8) is 0 Å². The molecule has 0 saturated heterocycles. The van der Waals surface area contributed by atoms with Crippen LogP contribution in [-0.2, 0) is 0 Å². The molecule has 0 aliphatic rings. The van der Waals surface area contributed by atoms with Crippen molar-refractivity contribution in [2.45, 2.75) is 0 Å². The van der Waals surface area contributed by atoms with Gasteiger partial charge in [0.2, 0.25) is 5.82 Å². The maximum atomic E-state index is 10.9. The van der Waals surface area contributed by atoms with E-state index in [-0.39, 0.29) is 17.1 Å². The molecule has 0 saturated carbocycles. The largest absolute Gasteiger partial charge is 0.478 e. The number of nitro groups is 2. The summed E-state index contributed by atoms with van der Waals surface area (Å²) in [6.45, 7) is 0. The van der Waals surface area contributed by atoms with Crippen LogP contribution >= 0.6 is 0 Å². The van der Waals surface area contributed by atoms with E-state index in [4.69, 9.17) is 5.11 Å². The van der Waals surface area contributed by atoms with Crippen LogP contribution in [0, 0.1) is 20.2 Å². The molecule has 2 heterocycles. The van der Waals surface area contributed by atoms with Crippen LogP contribution < -0.4 is 0 Å². The number of carbonyl (C=O) groups is 1. The summed E-state index contributed by atoms with van der Waals surface area (Å²) in [4.78, 5) is 34.2.